The number of phosphoric acid groups is 1. The summed E-state index contributed by atoms with van der Waals surface area (Å²) in [4.78, 5) is 16.8. The van der Waals surface area contributed by atoms with Crippen LogP contribution in [0.4, 0.5) is 0 Å². The molecule has 78 valence electrons. The summed E-state index contributed by atoms with van der Waals surface area (Å²) in [5, 5.41) is 17.6. The molecule has 0 heterocycles. The largest absolute Gasteiger partial charge is 0.469 e. The SMILES string of the molecule is C=CC[C@H](OP(=O)(O)O)[C@@H](O)CO. The average Bonchev–Trinajstić information content (AvgIpc) is 2.00. The molecule has 0 spiro atoms. The van der Waals surface area contributed by atoms with E-state index >= 15 is 0 Å². The first-order valence-electron chi connectivity index (χ1n) is 3.54. The van der Waals surface area contributed by atoms with Crippen LogP contribution in [-0.2, 0) is 9.09 Å². The Labute approximate surface area is 75.7 Å². The van der Waals surface area contributed by atoms with Gasteiger partial charge in [-0.25, -0.2) is 4.57 Å². The monoisotopic (exact) mass is 212 g/mol. The molecule has 0 aromatic heterocycles. The lowest BCUT2D eigenvalue weighted by Gasteiger charge is -2.20. The molecule has 0 amide bonds. The molecule has 0 bridgehead atoms. The second kappa shape index (κ2) is 5.49. The Morgan fingerprint density at radius 2 is 2.08 bits per heavy atom. The van der Waals surface area contributed by atoms with Crippen LogP contribution in [0.3, 0.4) is 0 Å². The molecular weight excluding hydrogens is 199 g/mol. The van der Waals surface area contributed by atoms with Gasteiger partial charge in [-0.3, -0.25) is 4.52 Å². The van der Waals surface area contributed by atoms with Gasteiger partial charge < -0.3 is 20.0 Å². The van der Waals surface area contributed by atoms with Gasteiger partial charge in [0.05, 0.1) is 6.61 Å². The van der Waals surface area contributed by atoms with Crippen LogP contribution in [0.2, 0.25) is 0 Å². The van der Waals surface area contributed by atoms with Crippen LogP contribution in [0.1, 0.15) is 6.42 Å². The summed E-state index contributed by atoms with van der Waals surface area (Å²) < 4.78 is 14.6. The quantitative estimate of drug-likeness (QED) is 0.345. The normalized spacial score (nSPS) is 16.6. The van der Waals surface area contributed by atoms with E-state index in [2.05, 4.69) is 11.1 Å². The highest BCUT2D eigenvalue weighted by molar-refractivity contribution is 7.46. The fourth-order valence-corrected chi connectivity index (χ4v) is 1.31. The fourth-order valence-electron chi connectivity index (χ4n) is 0.729. The summed E-state index contributed by atoms with van der Waals surface area (Å²) in [6.07, 6.45) is -1.08. The lowest BCUT2D eigenvalue weighted by molar-refractivity contribution is -0.0117. The van der Waals surface area contributed by atoms with Gasteiger partial charge in [-0.15, -0.1) is 6.58 Å². The third-order valence-corrected chi connectivity index (χ3v) is 1.83. The molecule has 0 saturated heterocycles. The fraction of sp³-hybridized carbons (Fsp3) is 0.667. The van der Waals surface area contributed by atoms with Crippen molar-refractivity contribution in [3.63, 3.8) is 0 Å². The van der Waals surface area contributed by atoms with Crippen molar-refractivity contribution in [2.45, 2.75) is 18.6 Å². The average molecular weight is 212 g/mol. The first-order chi connectivity index (χ1) is 5.90. The first-order valence-corrected chi connectivity index (χ1v) is 5.07. The van der Waals surface area contributed by atoms with Crippen LogP contribution in [-0.4, -0.2) is 38.8 Å². The molecule has 0 unspecified atom stereocenters. The van der Waals surface area contributed by atoms with E-state index in [1.165, 1.54) is 6.08 Å². The minimum absolute atomic E-state index is 0.0484. The van der Waals surface area contributed by atoms with Crippen molar-refractivity contribution in [3.8, 4) is 0 Å². The molecule has 6 nitrogen and oxygen atoms in total. The van der Waals surface area contributed by atoms with E-state index in [1.807, 2.05) is 0 Å². The molecule has 13 heavy (non-hydrogen) atoms. The third-order valence-electron chi connectivity index (χ3n) is 1.29. The number of hydrogen-bond donors (Lipinski definition) is 4. The maximum atomic E-state index is 10.4. The van der Waals surface area contributed by atoms with Crippen LogP contribution >= 0.6 is 7.82 Å². The molecule has 0 fully saturated rings. The molecular formula is C6H13O6P. The topological polar surface area (TPSA) is 107 Å². The van der Waals surface area contributed by atoms with Crippen LogP contribution in [0, 0.1) is 0 Å². The van der Waals surface area contributed by atoms with Crippen molar-refractivity contribution in [2.75, 3.05) is 6.61 Å². The van der Waals surface area contributed by atoms with Crippen molar-refractivity contribution in [1.29, 1.82) is 0 Å². The third kappa shape index (κ3) is 5.93. The summed E-state index contributed by atoms with van der Waals surface area (Å²) in [6, 6.07) is 0. The number of aliphatic hydroxyl groups excluding tert-OH is 2. The molecule has 0 saturated carbocycles. The Morgan fingerprint density at radius 1 is 1.54 bits per heavy atom. The van der Waals surface area contributed by atoms with Crippen molar-refractivity contribution in [3.05, 3.63) is 12.7 Å². The van der Waals surface area contributed by atoms with Crippen LogP contribution in [0.25, 0.3) is 0 Å². The summed E-state index contributed by atoms with van der Waals surface area (Å²) in [7, 11) is -4.64. The number of rotatable bonds is 6. The van der Waals surface area contributed by atoms with E-state index in [1.54, 1.807) is 0 Å². The number of hydrogen-bond acceptors (Lipinski definition) is 4. The van der Waals surface area contributed by atoms with Gasteiger partial charge in [0, 0.05) is 0 Å². The summed E-state index contributed by atoms with van der Waals surface area (Å²) in [5.41, 5.74) is 0. The molecule has 2 atom stereocenters. The summed E-state index contributed by atoms with van der Waals surface area (Å²) in [6.45, 7) is 2.70. The predicted octanol–water partition coefficient (Wildman–Crippen LogP) is -0.606. The second-order valence-corrected chi connectivity index (χ2v) is 3.60. The lowest BCUT2D eigenvalue weighted by Crippen LogP contribution is -2.30. The minimum Gasteiger partial charge on any atom is -0.394 e. The number of aliphatic hydroxyl groups is 2. The standard InChI is InChI=1S/C6H13O6P/c1-2-3-6(5(8)4-7)12-13(9,10)11/h2,5-8H,1,3-4H2,(H2,9,10,11)/t5-,6-/m0/s1. The molecule has 0 radical (unpaired) electrons. The predicted molar refractivity (Wildman–Crippen MR) is 44.8 cm³/mol. The Bertz CT molecular complexity index is 199. The molecule has 0 aromatic carbocycles. The van der Waals surface area contributed by atoms with Crippen LogP contribution in [0.15, 0.2) is 12.7 Å². The molecule has 4 N–H and O–H groups in total. The minimum atomic E-state index is -4.64. The Morgan fingerprint density at radius 3 is 2.38 bits per heavy atom. The van der Waals surface area contributed by atoms with Crippen molar-refractivity contribution in [2.24, 2.45) is 0 Å². The van der Waals surface area contributed by atoms with Gasteiger partial charge in [0.2, 0.25) is 0 Å². The van der Waals surface area contributed by atoms with Gasteiger partial charge in [-0.1, -0.05) is 6.08 Å². The van der Waals surface area contributed by atoms with E-state index in [0.717, 1.165) is 0 Å². The smallest absolute Gasteiger partial charge is 0.394 e. The zero-order chi connectivity index (χ0) is 10.5. The number of phosphoric ester groups is 1. The zero-order valence-corrected chi connectivity index (χ0v) is 7.80. The lowest BCUT2D eigenvalue weighted by atomic mass is 10.1. The van der Waals surface area contributed by atoms with Crippen LogP contribution in [0.5, 0.6) is 0 Å². The molecule has 0 aliphatic carbocycles. The first kappa shape index (κ1) is 12.8. The van der Waals surface area contributed by atoms with Crippen molar-refractivity contribution < 1.29 is 29.1 Å². The van der Waals surface area contributed by atoms with Gasteiger partial charge in [0.15, 0.2) is 0 Å². The van der Waals surface area contributed by atoms with Gasteiger partial charge in [0.25, 0.3) is 0 Å². The summed E-state index contributed by atoms with van der Waals surface area (Å²) >= 11 is 0. The molecule has 7 heteroatoms. The van der Waals surface area contributed by atoms with E-state index in [4.69, 9.17) is 20.0 Å². The maximum Gasteiger partial charge on any atom is 0.469 e. The molecule has 0 aromatic rings. The van der Waals surface area contributed by atoms with Gasteiger partial charge >= 0.3 is 7.82 Å². The summed E-state index contributed by atoms with van der Waals surface area (Å²) in [5.74, 6) is 0. The Kier molecular flexibility index (Phi) is 5.39. The molecule has 0 rings (SSSR count). The van der Waals surface area contributed by atoms with E-state index in [0.29, 0.717) is 0 Å². The van der Waals surface area contributed by atoms with E-state index in [-0.39, 0.29) is 6.42 Å². The van der Waals surface area contributed by atoms with E-state index < -0.39 is 26.6 Å². The second-order valence-electron chi connectivity index (χ2n) is 2.41. The Hall–Kier alpha value is -0.230. The van der Waals surface area contributed by atoms with Gasteiger partial charge in [0.1, 0.15) is 12.2 Å². The highest BCUT2D eigenvalue weighted by atomic mass is 31.2. The van der Waals surface area contributed by atoms with Crippen molar-refractivity contribution >= 4 is 7.82 Å². The zero-order valence-electron chi connectivity index (χ0n) is 6.91. The molecule has 0 aliphatic rings. The van der Waals surface area contributed by atoms with E-state index in [9.17, 15) is 4.57 Å². The Balaban J connectivity index is 4.25. The van der Waals surface area contributed by atoms with Crippen LogP contribution < -0.4 is 0 Å². The maximum absolute atomic E-state index is 10.4. The highest BCUT2D eigenvalue weighted by Gasteiger charge is 2.26. The molecule has 0 aliphatic heterocycles. The van der Waals surface area contributed by atoms with Gasteiger partial charge in [-0.2, -0.15) is 0 Å². The highest BCUT2D eigenvalue weighted by Crippen LogP contribution is 2.38. The van der Waals surface area contributed by atoms with Crippen molar-refractivity contribution in [1.82, 2.24) is 0 Å². The van der Waals surface area contributed by atoms with Gasteiger partial charge in [-0.05, 0) is 6.42 Å².